The number of benzene rings is 3. The molecule has 0 saturated carbocycles. The van der Waals surface area contributed by atoms with Crippen LogP contribution in [0, 0.1) is 6.92 Å². The largest absolute Gasteiger partial charge is 0.497 e. The maximum absolute atomic E-state index is 12.9. The van der Waals surface area contributed by atoms with E-state index in [2.05, 4.69) is 10.6 Å². The van der Waals surface area contributed by atoms with Gasteiger partial charge in [0.15, 0.2) is 0 Å². The summed E-state index contributed by atoms with van der Waals surface area (Å²) in [5.74, 6) is 0.659. The molecule has 1 atom stereocenters. The lowest BCUT2D eigenvalue weighted by molar-refractivity contribution is -0.117. The fraction of sp³-hybridized carbons (Fsp3) is 0.136. The molecule has 0 spiro atoms. The van der Waals surface area contributed by atoms with Gasteiger partial charge in [-0.25, -0.2) is 0 Å². The van der Waals surface area contributed by atoms with Crippen molar-refractivity contribution in [1.29, 1.82) is 0 Å². The van der Waals surface area contributed by atoms with Crippen molar-refractivity contribution in [2.45, 2.75) is 13.0 Å². The van der Waals surface area contributed by atoms with Gasteiger partial charge < -0.3 is 15.4 Å². The van der Waals surface area contributed by atoms with Gasteiger partial charge in [0, 0.05) is 11.4 Å². The molecular formula is C22H22N2O2. The number of aryl methyl sites for hydroxylation is 1. The standard InChI is InChI=1S/C22H22N2O2/c1-16-8-10-19(11-9-16)24-22(25)21(17-6-4-3-5-7-17)23-18-12-14-20(26-2)15-13-18/h3-15,21,23H,1-2H3,(H,24,25). The number of ether oxygens (including phenoxy) is 1. The van der Waals surface area contributed by atoms with Crippen LogP contribution in [0.2, 0.25) is 0 Å². The third kappa shape index (κ3) is 4.42. The molecular weight excluding hydrogens is 324 g/mol. The zero-order valence-corrected chi connectivity index (χ0v) is 14.9. The molecule has 1 amide bonds. The van der Waals surface area contributed by atoms with E-state index >= 15 is 0 Å². The third-order valence-electron chi connectivity index (χ3n) is 4.12. The fourth-order valence-electron chi connectivity index (χ4n) is 2.65. The highest BCUT2D eigenvalue weighted by molar-refractivity contribution is 5.97. The number of nitrogens with one attached hydrogen (secondary N) is 2. The summed E-state index contributed by atoms with van der Waals surface area (Å²) in [5, 5.41) is 6.29. The summed E-state index contributed by atoms with van der Waals surface area (Å²) in [6.07, 6.45) is 0. The summed E-state index contributed by atoms with van der Waals surface area (Å²) < 4.78 is 5.19. The highest BCUT2D eigenvalue weighted by Gasteiger charge is 2.20. The van der Waals surface area contributed by atoms with E-state index in [-0.39, 0.29) is 5.91 Å². The molecule has 0 aromatic heterocycles. The minimum absolute atomic E-state index is 0.115. The molecule has 0 aliphatic rings. The molecule has 0 bridgehead atoms. The van der Waals surface area contributed by atoms with Gasteiger partial charge in [-0.05, 0) is 48.9 Å². The van der Waals surface area contributed by atoms with Crippen LogP contribution in [0.25, 0.3) is 0 Å². The Morgan fingerprint density at radius 3 is 2.08 bits per heavy atom. The molecule has 0 radical (unpaired) electrons. The van der Waals surface area contributed by atoms with E-state index < -0.39 is 6.04 Å². The zero-order chi connectivity index (χ0) is 18.4. The van der Waals surface area contributed by atoms with E-state index in [1.54, 1.807) is 7.11 Å². The second-order valence-corrected chi connectivity index (χ2v) is 6.07. The van der Waals surface area contributed by atoms with E-state index in [1.807, 2.05) is 85.8 Å². The Morgan fingerprint density at radius 1 is 0.846 bits per heavy atom. The number of anilines is 2. The smallest absolute Gasteiger partial charge is 0.251 e. The Balaban J connectivity index is 1.82. The quantitative estimate of drug-likeness (QED) is 0.674. The predicted molar refractivity (Wildman–Crippen MR) is 106 cm³/mol. The molecule has 0 aliphatic heterocycles. The number of carbonyl (C=O) groups excluding carboxylic acids is 1. The number of carbonyl (C=O) groups is 1. The summed E-state index contributed by atoms with van der Waals surface area (Å²) in [4.78, 5) is 12.9. The van der Waals surface area contributed by atoms with Crippen LogP contribution in [0.1, 0.15) is 17.2 Å². The van der Waals surface area contributed by atoms with Crippen LogP contribution in [0.4, 0.5) is 11.4 Å². The topological polar surface area (TPSA) is 50.4 Å². The van der Waals surface area contributed by atoms with Crippen molar-refractivity contribution < 1.29 is 9.53 Å². The van der Waals surface area contributed by atoms with Gasteiger partial charge in [-0.2, -0.15) is 0 Å². The number of amides is 1. The van der Waals surface area contributed by atoms with Gasteiger partial charge in [0.25, 0.3) is 5.91 Å². The summed E-state index contributed by atoms with van der Waals surface area (Å²) >= 11 is 0. The monoisotopic (exact) mass is 346 g/mol. The van der Waals surface area contributed by atoms with Crippen LogP contribution in [0.3, 0.4) is 0 Å². The predicted octanol–water partition coefficient (Wildman–Crippen LogP) is 4.80. The van der Waals surface area contributed by atoms with Crippen LogP contribution >= 0.6 is 0 Å². The van der Waals surface area contributed by atoms with Crippen LogP contribution in [-0.4, -0.2) is 13.0 Å². The maximum Gasteiger partial charge on any atom is 0.251 e. The molecule has 4 nitrogen and oxygen atoms in total. The van der Waals surface area contributed by atoms with E-state index in [4.69, 9.17) is 4.74 Å². The summed E-state index contributed by atoms with van der Waals surface area (Å²) in [6, 6.07) is 24.4. The lowest BCUT2D eigenvalue weighted by atomic mass is 10.1. The molecule has 0 aliphatic carbocycles. The molecule has 3 rings (SSSR count). The SMILES string of the molecule is COc1ccc(NC(C(=O)Nc2ccc(C)cc2)c2ccccc2)cc1. The lowest BCUT2D eigenvalue weighted by Crippen LogP contribution is -2.27. The first-order valence-corrected chi connectivity index (χ1v) is 8.49. The van der Waals surface area contributed by atoms with Crippen LogP contribution < -0.4 is 15.4 Å². The Morgan fingerprint density at radius 2 is 1.46 bits per heavy atom. The van der Waals surface area contributed by atoms with Crippen molar-refractivity contribution in [3.05, 3.63) is 90.0 Å². The molecule has 1 unspecified atom stereocenters. The molecule has 0 heterocycles. The Kier molecular flexibility index (Phi) is 5.54. The molecule has 2 N–H and O–H groups in total. The van der Waals surface area contributed by atoms with Gasteiger partial charge in [-0.15, -0.1) is 0 Å². The molecule has 0 fully saturated rings. The Hall–Kier alpha value is -3.27. The summed E-state index contributed by atoms with van der Waals surface area (Å²) in [5.41, 5.74) is 3.67. The molecule has 0 saturated heterocycles. The van der Waals surface area contributed by atoms with Crippen molar-refractivity contribution in [2.75, 3.05) is 17.7 Å². The highest BCUT2D eigenvalue weighted by atomic mass is 16.5. The number of hydrogen-bond donors (Lipinski definition) is 2. The van der Waals surface area contributed by atoms with Crippen molar-refractivity contribution in [3.8, 4) is 5.75 Å². The second kappa shape index (κ2) is 8.21. The van der Waals surface area contributed by atoms with Crippen molar-refractivity contribution >= 4 is 17.3 Å². The fourth-order valence-corrected chi connectivity index (χ4v) is 2.65. The van der Waals surface area contributed by atoms with Gasteiger partial charge in [0.1, 0.15) is 11.8 Å². The molecule has 4 heteroatoms. The lowest BCUT2D eigenvalue weighted by Gasteiger charge is -2.20. The minimum atomic E-state index is -0.508. The van der Waals surface area contributed by atoms with Crippen molar-refractivity contribution in [2.24, 2.45) is 0 Å². The second-order valence-electron chi connectivity index (χ2n) is 6.07. The minimum Gasteiger partial charge on any atom is -0.497 e. The Bertz CT molecular complexity index is 844. The zero-order valence-electron chi connectivity index (χ0n) is 14.9. The Labute approximate surface area is 153 Å². The molecule has 3 aromatic carbocycles. The molecule has 3 aromatic rings. The average molecular weight is 346 g/mol. The average Bonchev–Trinajstić information content (AvgIpc) is 2.69. The van der Waals surface area contributed by atoms with Crippen LogP contribution in [0.15, 0.2) is 78.9 Å². The van der Waals surface area contributed by atoms with E-state index in [0.717, 1.165) is 28.3 Å². The van der Waals surface area contributed by atoms with Gasteiger partial charge in [0.05, 0.1) is 7.11 Å². The third-order valence-corrected chi connectivity index (χ3v) is 4.12. The first-order chi connectivity index (χ1) is 12.7. The van der Waals surface area contributed by atoms with Crippen LogP contribution in [-0.2, 0) is 4.79 Å². The summed E-state index contributed by atoms with van der Waals surface area (Å²) in [6.45, 7) is 2.02. The van der Waals surface area contributed by atoms with E-state index in [0.29, 0.717) is 0 Å². The summed E-state index contributed by atoms with van der Waals surface area (Å²) in [7, 11) is 1.63. The highest BCUT2D eigenvalue weighted by Crippen LogP contribution is 2.23. The van der Waals surface area contributed by atoms with Gasteiger partial charge in [-0.1, -0.05) is 48.0 Å². The van der Waals surface area contributed by atoms with Gasteiger partial charge in [0.2, 0.25) is 0 Å². The van der Waals surface area contributed by atoms with Gasteiger partial charge in [-0.3, -0.25) is 4.79 Å². The molecule has 132 valence electrons. The first-order valence-electron chi connectivity index (χ1n) is 8.49. The first kappa shape index (κ1) is 17.5. The van der Waals surface area contributed by atoms with E-state index in [9.17, 15) is 4.79 Å². The maximum atomic E-state index is 12.9. The van der Waals surface area contributed by atoms with Gasteiger partial charge >= 0.3 is 0 Å². The van der Waals surface area contributed by atoms with E-state index in [1.165, 1.54) is 0 Å². The number of rotatable bonds is 6. The van der Waals surface area contributed by atoms with Crippen molar-refractivity contribution in [1.82, 2.24) is 0 Å². The van der Waals surface area contributed by atoms with Crippen LogP contribution in [0.5, 0.6) is 5.75 Å². The normalized spacial score (nSPS) is 11.5. The number of hydrogen-bond acceptors (Lipinski definition) is 3. The number of methoxy groups -OCH3 is 1. The van der Waals surface area contributed by atoms with Crippen molar-refractivity contribution in [3.63, 3.8) is 0 Å². The molecule has 26 heavy (non-hydrogen) atoms.